The Kier molecular flexibility index (Phi) is 3.48. The Labute approximate surface area is 113 Å². The average molecular weight is 276 g/mol. The SMILES string of the molecule is Cc1ccccc1NS(=O)(=O)c1cccc(N)c1C. The van der Waals surface area contributed by atoms with Gasteiger partial charge in [0.2, 0.25) is 0 Å². The zero-order chi connectivity index (χ0) is 14.0. The van der Waals surface area contributed by atoms with Gasteiger partial charge >= 0.3 is 0 Å². The van der Waals surface area contributed by atoms with Crippen molar-refractivity contribution in [2.24, 2.45) is 0 Å². The predicted molar refractivity (Wildman–Crippen MR) is 77.6 cm³/mol. The number of para-hydroxylation sites is 1. The van der Waals surface area contributed by atoms with Crippen LogP contribution in [0.15, 0.2) is 47.4 Å². The van der Waals surface area contributed by atoms with E-state index in [9.17, 15) is 8.42 Å². The summed E-state index contributed by atoms with van der Waals surface area (Å²) in [6.45, 7) is 3.55. The number of nitrogens with two attached hydrogens (primary N) is 1. The number of benzene rings is 2. The summed E-state index contributed by atoms with van der Waals surface area (Å²) < 4.78 is 27.3. The second kappa shape index (κ2) is 4.93. The minimum Gasteiger partial charge on any atom is -0.398 e. The van der Waals surface area contributed by atoms with Crippen LogP contribution in [0.2, 0.25) is 0 Å². The van der Waals surface area contributed by atoms with Crippen molar-refractivity contribution < 1.29 is 8.42 Å². The van der Waals surface area contributed by atoms with E-state index in [1.165, 1.54) is 0 Å². The average Bonchev–Trinajstić information content (AvgIpc) is 2.35. The summed E-state index contributed by atoms with van der Waals surface area (Å²) in [6, 6.07) is 12.1. The second-order valence-electron chi connectivity index (χ2n) is 4.39. The summed E-state index contributed by atoms with van der Waals surface area (Å²) in [5.41, 5.74) is 8.21. The smallest absolute Gasteiger partial charge is 0.262 e. The van der Waals surface area contributed by atoms with Crippen LogP contribution in [0.3, 0.4) is 0 Å². The number of nitrogen functional groups attached to an aromatic ring is 1. The van der Waals surface area contributed by atoms with Crippen LogP contribution < -0.4 is 10.5 Å². The van der Waals surface area contributed by atoms with Gasteiger partial charge in [0, 0.05) is 5.69 Å². The molecule has 0 radical (unpaired) electrons. The lowest BCUT2D eigenvalue weighted by molar-refractivity contribution is 0.600. The molecule has 5 heteroatoms. The number of sulfonamides is 1. The highest BCUT2D eigenvalue weighted by Gasteiger charge is 2.18. The number of hydrogen-bond donors (Lipinski definition) is 2. The lowest BCUT2D eigenvalue weighted by Gasteiger charge is -2.13. The lowest BCUT2D eigenvalue weighted by Crippen LogP contribution is -2.15. The van der Waals surface area contributed by atoms with Gasteiger partial charge in [-0.1, -0.05) is 24.3 Å². The fourth-order valence-corrected chi connectivity index (χ4v) is 3.22. The fourth-order valence-electron chi connectivity index (χ4n) is 1.81. The Balaban J connectivity index is 2.44. The molecule has 100 valence electrons. The molecule has 19 heavy (non-hydrogen) atoms. The largest absolute Gasteiger partial charge is 0.398 e. The Morgan fingerprint density at radius 3 is 2.37 bits per heavy atom. The van der Waals surface area contributed by atoms with Crippen molar-refractivity contribution in [1.82, 2.24) is 0 Å². The van der Waals surface area contributed by atoms with Crippen LogP contribution in [0.4, 0.5) is 11.4 Å². The fraction of sp³-hybridized carbons (Fsp3) is 0.143. The molecule has 0 amide bonds. The van der Waals surface area contributed by atoms with Crippen LogP contribution in [0.1, 0.15) is 11.1 Å². The second-order valence-corrected chi connectivity index (χ2v) is 6.04. The molecule has 0 aliphatic heterocycles. The van der Waals surface area contributed by atoms with Gasteiger partial charge in [-0.2, -0.15) is 0 Å². The highest BCUT2D eigenvalue weighted by molar-refractivity contribution is 7.92. The van der Waals surface area contributed by atoms with Gasteiger partial charge in [-0.25, -0.2) is 8.42 Å². The maximum atomic E-state index is 12.4. The Morgan fingerprint density at radius 1 is 1.00 bits per heavy atom. The molecule has 0 aliphatic carbocycles. The molecular formula is C14H16N2O2S. The van der Waals surface area contributed by atoms with Crippen molar-refractivity contribution >= 4 is 21.4 Å². The summed E-state index contributed by atoms with van der Waals surface area (Å²) >= 11 is 0. The van der Waals surface area contributed by atoms with Crippen molar-refractivity contribution in [2.75, 3.05) is 10.5 Å². The van der Waals surface area contributed by atoms with Crippen molar-refractivity contribution in [1.29, 1.82) is 0 Å². The molecule has 2 aromatic rings. The van der Waals surface area contributed by atoms with Gasteiger partial charge < -0.3 is 5.73 Å². The van der Waals surface area contributed by atoms with E-state index >= 15 is 0 Å². The van der Waals surface area contributed by atoms with E-state index in [0.29, 0.717) is 16.9 Å². The van der Waals surface area contributed by atoms with E-state index in [2.05, 4.69) is 4.72 Å². The zero-order valence-electron chi connectivity index (χ0n) is 10.8. The Bertz CT molecular complexity index is 709. The summed E-state index contributed by atoms with van der Waals surface area (Å²) in [5, 5.41) is 0. The number of hydrogen-bond acceptors (Lipinski definition) is 3. The standard InChI is InChI=1S/C14H16N2O2S/c1-10-6-3-4-8-13(10)16-19(17,18)14-9-5-7-12(15)11(14)2/h3-9,16H,15H2,1-2H3. The minimum atomic E-state index is -3.62. The monoisotopic (exact) mass is 276 g/mol. The molecule has 3 N–H and O–H groups in total. The van der Waals surface area contributed by atoms with Crippen LogP contribution in [0, 0.1) is 13.8 Å². The van der Waals surface area contributed by atoms with Gasteiger partial charge in [0.15, 0.2) is 0 Å². The van der Waals surface area contributed by atoms with Crippen LogP contribution >= 0.6 is 0 Å². The van der Waals surface area contributed by atoms with Crippen LogP contribution in [0.25, 0.3) is 0 Å². The summed E-state index contributed by atoms with van der Waals surface area (Å²) in [5.74, 6) is 0. The topological polar surface area (TPSA) is 72.2 Å². The van der Waals surface area contributed by atoms with Gasteiger partial charge in [0.1, 0.15) is 0 Å². The van der Waals surface area contributed by atoms with E-state index in [1.807, 2.05) is 19.1 Å². The predicted octanol–water partition coefficient (Wildman–Crippen LogP) is 2.69. The van der Waals surface area contributed by atoms with Crippen LogP contribution in [-0.4, -0.2) is 8.42 Å². The molecule has 4 nitrogen and oxygen atoms in total. The third-order valence-electron chi connectivity index (χ3n) is 3.00. The van der Waals surface area contributed by atoms with Crippen molar-refractivity contribution in [3.63, 3.8) is 0 Å². The van der Waals surface area contributed by atoms with Gasteiger partial charge in [-0.05, 0) is 43.2 Å². The van der Waals surface area contributed by atoms with Crippen molar-refractivity contribution in [3.8, 4) is 0 Å². The van der Waals surface area contributed by atoms with Crippen LogP contribution in [0.5, 0.6) is 0 Å². The molecule has 0 fully saturated rings. The third-order valence-corrected chi connectivity index (χ3v) is 4.51. The first-order chi connectivity index (χ1) is 8.92. The first-order valence-electron chi connectivity index (χ1n) is 5.85. The van der Waals surface area contributed by atoms with Gasteiger partial charge in [-0.15, -0.1) is 0 Å². The number of aryl methyl sites for hydroxylation is 1. The van der Waals surface area contributed by atoms with E-state index in [-0.39, 0.29) is 4.90 Å². The van der Waals surface area contributed by atoms with Crippen molar-refractivity contribution in [3.05, 3.63) is 53.6 Å². The van der Waals surface area contributed by atoms with Gasteiger partial charge in [0.25, 0.3) is 10.0 Å². The van der Waals surface area contributed by atoms with E-state index in [0.717, 1.165) is 5.56 Å². The normalized spacial score (nSPS) is 11.3. The molecule has 0 heterocycles. The highest BCUT2D eigenvalue weighted by atomic mass is 32.2. The van der Waals surface area contributed by atoms with Gasteiger partial charge in [0.05, 0.1) is 10.6 Å². The number of nitrogens with one attached hydrogen (secondary N) is 1. The first-order valence-corrected chi connectivity index (χ1v) is 7.33. The van der Waals surface area contributed by atoms with Crippen LogP contribution in [-0.2, 0) is 10.0 Å². The summed E-state index contributed by atoms with van der Waals surface area (Å²) in [4.78, 5) is 0.204. The number of anilines is 2. The van der Waals surface area contributed by atoms with Crippen molar-refractivity contribution in [2.45, 2.75) is 18.7 Å². The maximum Gasteiger partial charge on any atom is 0.262 e. The molecule has 0 bridgehead atoms. The first kappa shape index (κ1) is 13.4. The molecule has 0 atom stereocenters. The molecule has 2 rings (SSSR count). The van der Waals surface area contributed by atoms with Gasteiger partial charge in [-0.3, -0.25) is 4.72 Å². The van der Waals surface area contributed by atoms with E-state index in [1.54, 1.807) is 37.3 Å². The molecule has 0 aliphatic rings. The molecule has 0 unspecified atom stereocenters. The Hall–Kier alpha value is -2.01. The zero-order valence-corrected chi connectivity index (χ0v) is 11.7. The highest BCUT2D eigenvalue weighted by Crippen LogP contribution is 2.24. The maximum absolute atomic E-state index is 12.4. The molecule has 2 aromatic carbocycles. The number of rotatable bonds is 3. The third kappa shape index (κ3) is 2.71. The molecular weight excluding hydrogens is 260 g/mol. The molecule has 0 saturated carbocycles. The van der Waals surface area contributed by atoms with E-state index < -0.39 is 10.0 Å². The molecule has 0 aromatic heterocycles. The minimum absolute atomic E-state index is 0.204. The summed E-state index contributed by atoms with van der Waals surface area (Å²) in [7, 11) is -3.62. The Morgan fingerprint density at radius 2 is 1.68 bits per heavy atom. The molecule has 0 saturated heterocycles. The quantitative estimate of drug-likeness (QED) is 0.847. The molecule has 0 spiro atoms. The summed E-state index contributed by atoms with van der Waals surface area (Å²) in [6.07, 6.45) is 0. The van der Waals surface area contributed by atoms with E-state index in [4.69, 9.17) is 5.73 Å². The lowest BCUT2D eigenvalue weighted by atomic mass is 10.2.